The highest BCUT2D eigenvalue weighted by atomic mass is 19.1. The molecule has 2 rings (SSSR count). The van der Waals surface area contributed by atoms with Gasteiger partial charge in [0.1, 0.15) is 11.6 Å². The number of carbonyl (C=O) groups excluding carboxylic acids is 1. The topological polar surface area (TPSA) is 68.0 Å². The van der Waals surface area contributed by atoms with Gasteiger partial charge >= 0.3 is 0 Å². The molecular formula is C13H12FN3O. The van der Waals surface area contributed by atoms with Crippen molar-refractivity contribution in [3.63, 3.8) is 0 Å². The van der Waals surface area contributed by atoms with Crippen LogP contribution in [0.2, 0.25) is 0 Å². The number of pyridine rings is 1. The first kappa shape index (κ1) is 12.0. The maximum Gasteiger partial charge on any atom is 0.256 e. The SMILES string of the molecule is Cc1ccc(NC(=O)c2cc(N)cc(F)c2)nc1. The summed E-state index contributed by atoms with van der Waals surface area (Å²) >= 11 is 0. The Labute approximate surface area is 104 Å². The lowest BCUT2D eigenvalue weighted by Crippen LogP contribution is -2.13. The Morgan fingerprint density at radius 1 is 1.33 bits per heavy atom. The Morgan fingerprint density at radius 3 is 2.72 bits per heavy atom. The summed E-state index contributed by atoms with van der Waals surface area (Å²) in [5.41, 5.74) is 6.83. The number of nitrogen functional groups attached to an aromatic ring is 1. The smallest absolute Gasteiger partial charge is 0.256 e. The molecule has 3 N–H and O–H groups in total. The first-order valence-electron chi connectivity index (χ1n) is 5.34. The number of nitrogens with one attached hydrogen (secondary N) is 1. The van der Waals surface area contributed by atoms with Gasteiger partial charge in [0.15, 0.2) is 0 Å². The number of nitrogens with zero attached hydrogens (tertiary/aromatic N) is 1. The van der Waals surface area contributed by atoms with Crippen LogP contribution in [-0.4, -0.2) is 10.9 Å². The van der Waals surface area contributed by atoms with Crippen LogP contribution in [0.1, 0.15) is 15.9 Å². The van der Waals surface area contributed by atoms with E-state index in [4.69, 9.17) is 5.73 Å². The average Bonchev–Trinajstić information content (AvgIpc) is 2.31. The van der Waals surface area contributed by atoms with Gasteiger partial charge in [0.25, 0.3) is 5.91 Å². The average molecular weight is 245 g/mol. The number of aromatic nitrogens is 1. The van der Waals surface area contributed by atoms with E-state index in [1.54, 1.807) is 12.3 Å². The molecule has 0 radical (unpaired) electrons. The summed E-state index contributed by atoms with van der Waals surface area (Å²) in [4.78, 5) is 15.9. The van der Waals surface area contributed by atoms with Gasteiger partial charge in [0.05, 0.1) is 0 Å². The fraction of sp³-hybridized carbons (Fsp3) is 0.0769. The summed E-state index contributed by atoms with van der Waals surface area (Å²) in [6, 6.07) is 7.19. The minimum absolute atomic E-state index is 0.162. The van der Waals surface area contributed by atoms with Crippen LogP contribution >= 0.6 is 0 Å². The normalized spacial score (nSPS) is 10.1. The lowest BCUT2D eigenvalue weighted by atomic mass is 10.2. The molecule has 0 aliphatic rings. The molecule has 0 saturated carbocycles. The number of benzene rings is 1. The second-order valence-electron chi connectivity index (χ2n) is 3.95. The number of hydrogen-bond donors (Lipinski definition) is 2. The summed E-state index contributed by atoms with van der Waals surface area (Å²) in [5.74, 6) is -0.581. The van der Waals surface area contributed by atoms with Crippen LogP contribution in [0.3, 0.4) is 0 Å². The maximum atomic E-state index is 13.1. The molecule has 18 heavy (non-hydrogen) atoms. The summed E-state index contributed by atoms with van der Waals surface area (Å²) in [6.45, 7) is 1.89. The fourth-order valence-electron chi connectivity index (χ4n) is 1.47. The number of amides is 1. The zero-order valence-electron chi connectivity index (χ0n) is 9.77. The Bertz CT molecular complexity index is 561. The third-order valence-electron chi connectivity index (χ3n) is 2.34. The molecule has 1 amide bonds. The van der Waals surface area contributed by atoms with E-state index in [1.165, 1.54) is 6.07 Å². The van der Waals surface area contributed by atoms with E-state index in [-0.39, 0.29) is 11.3 Å². The van der Waals surface area contributed by atoms with Gasteiger partial charge in [-0.05, 0) is 36.8 Å². The molecule has 0 unspecified atom stereocenters. The second kappa shape index (κ2) is 4.83. The molecule has 0 spiro atoms. The molecule has 0 fully saturated rings. The van der Waals surface area contributed by atoms with E-state index >= 15 is 0 Å². The summed E-state index contributed by atoms with van der Waals surface area (Å²) in [6.07, 6.45) is 1.63. The van der Waals surface area contributed by atoms with Gasteiger partial charge in [-0.2, -0.15) is 0 Å². The number of carbonyl (C=O) groups is 1. The van der Waals surface area contributed by atoms with E-state index in [1.807, 2.05) is 13.0 Å². The van der Waals surface area contributed by atoms with Crippen LogP contribution in [0.15, 0.2) is 36.5 Å². The van der Waals surface area contributed by atoms with Crippen molar-refractivity contribution < 1.29 is 9.18 Å². The standard InChI is InChI=1S/C13H12FN3O/c1-8-2-3-12(16-7-8)17-13(18)9-4-10(14)6-11(15)5-9/h2-7H,15H2,1H3,(H,16,17,18). The minimum Gasteiger partial charge on any atom is -0.399 e. The number of aryl methyl sites for hydroxylation is 1. The number of rotatable bonds is 2. The lowest BCUT2D eigenvalue weighted by molar-refractivity contribution is 0.102. The van der Waals surface area contributed by atoms with Crippen molar-refractivity contribution in [3.8, 4) is 0 Å². The van der Waals surface area contributed by atoms with E-state index in [9.17, 15) is 9.18 Å². The molecule has 92 valence electrons. The monoisotopic (exact) mass is 245 g/mol. The van der Waals surface area contributed by atoms with Crippen molar-refractivity contribution >= 4 is 17.4 Å². The second-order valence-corrected chi connectivity index (χ2v) is 3.95. The molecule has 1 aromatic carbocycles. The van der Waals surface area contributed by atoms with Crippen LogP contribution in [0, 0.1) is 12.7 Å². The van der Waals surface area contributed by atoms with E-state index in [0.717, 1.165) is 17.7 Å². The third-order valence-corrected chi connectivity index (χ3v) is 2.34. The van der Waals surface area contributed by atoms with E-state index < -0.39 is 11.7 Å². The van der Waals surface area contributed by atoms with Crippen molar-refractivity contribution in [1.29, 1.82) is 0 Å². The molecule has 0 saturated heterocycles. The van der Waals surface area contributed by atoms with Crippen LogP contribution in [0.4, 0.5) is 15.9 Å². The Kier molecular flexibility index (Phi) is 3.23. The summed E-state index contributed by atoms with van der Waals surface area (Å²) < 4.78 is 13.1. The van der Waals surface area contributed by atoms with Crippen molar-refractivity contribution in [2.24, 2.45) is 0 Å². The van der Waals surface area contributed by atoms with Gasteiger partial charge in [0.2, 0.25) is 0 Å². The Morgan fingerprint density at radius 2 is 2.11 bits per heavy atom. The third kappa shape index (κ3) is 2.82. The number of anilines is 2. The van der Waals surface area contributed by atoms with E-state index in [0.29, 0.717) is 5.82 Å². The molecule has 0 aliphatic heterocycles. The van der Waals surface area contributed by atoms with Crippen LogP contribution in [0.25, 0.3) is 0 Å². The minimum atomic E-state index is -0.544. The first-order chi connectivity index (χ1) is 8.54. The number of hydrogen-bond acceptors (Lipinski definition) is 3. The van der Waals surface area contributed by atoms with Crippen LogP contribution in [-0.2, 0) is 0 Å². The summed E-state index contributed by atoms with van der Waals surface area (Å²) in [5, 5.41) is 2.57. The van der Waals surface area contributed by atoms with Crippen molar-refractivity contribution in [3.05, 3.63) is 53.5 Å². The quantitative estimate of drug-likeness (QED) is 0.798. The van der Waals surface area contributed by atoms with Crippen molar-refractivity contribution in [1.82, 2.24) is 4.98 Å². The van der Waals surface area contributed by atoms with Gasteiger partial charge < -0.3 is 11.1 Å². The molecule has 1 heterocycles. The zero-order valence-corrected chi connectivity index (χ0v) is 9.77. The Hall–Kier alpha value is -2.43. The van der Waals surface area contributed by atoms with Gasteiger partial charge in [-0.15, -0.1) is 0 Å². The number of nitrogens with two attached hydrogens (primary N) is 1. The maximum absolute atomic E-state index is 13.1. The van der Waals surface area contributed by atoms with Gasteiger partial charge in [-0.25, -0.2) is 9.37 Å². The highest BCUT2D eigenvalue weighted by Crippen LogP contribution is 2.13. The van der Waals surface area contributed by atoms with Gasteiger partial charge in [0, 0.05) is 17.4 Å². The highest BCUT2D eigenvalue weighted by molar-refractivity contribution is 6.04. The van der Waals surface area contributed by atoms with E-state index in [2.05, 4.69) is 10.3 Å². The van der Waals surface area contributed by atoms with Crippen molar-refractivity contribution in [2.75, 3.05) is 11.1 Å². The first-order valence-corrected chi connectivity index (χ1v) is 5.34. The predicted octanol–water partition coefficient (Wildman–Crippen LogP) is 2.36. The molecule has 0 atom stereocenters. The molecule has 4 nitrogen and oxygen atoms in total. The number of halogens is 1. The predicted molar refractivity (Wildman–Crippen MR) is 67.7 cm³/mol. The molecule has 5 heteroatoms. The van der Waals surface area contributed by atoms with Gasteiger partial charge in [-0.1, -0.05) is 6.07 Å². The van der Waals surface area contributed by atoms with Crippen LogP contribution < -0.4 is 11.1 Å². The Balaban J connectivity index is 2.19. The van der Waals surface area contributed by atoms with Gasteiger partial charge in [-0.3, -0.25) is 4.79 Å². The van der Waals surface area contributed by atoms with Crippen LogP contribution in [0.5, 0.6) is 0 Å². The fourth-order valence-corrected chi connectivity index (χ4v) is 1.47. The molecular weight excluding hydrogens is 233 g/mol. The molecule has 2 aromatic rings. The summed E-state index contributed by atoms with van der Waals surface area (Å²) in [7, 11) is 0. The molecule has 1 aromatic heterocycles. The zero-order chi connectivity index (χ0) is 13.1. The molecule has 0 bridgehead atoms. The molecule has 0 aliphatic carbocycles. The highest BCUT2D eigenvalue weighted by Gasteiger charge is 2.08. The van der Waals surface area contributed by atoms with Crippen molar-refractivity contribution in [2.45, 2.75) is 6.92 Å². The lowest BCUT2D eigenvalue weighted by Gasteiger charge is -2.05. The largest absolute Gasteiger partial charge is 0.399 e.